The van der Waals surface area contributed by atoms with Crippen LogP contribution < -0.4 is 0 Å². The van der Waals surface area contributed by atoms with Gasteiger partial charge in [-0.3, -0.25) is 0 Å². The molecule has 0 spiro atoms. The summed E-state index contributed by atoms with van der Waals surface area (Å²) in [5, 5.41) is 8.93. The number of nitriles is 1. The minimum Gasteiger partial charge on any atom is -0.240 e. The molecule has 0 heterocycles. The van der Waals surface area contributed by atoms with Crippen LogP contribution in [0.4, 0.5) is 18.9 Å². The number of halogens is 3. The van der Waals surface area contributed by atoms with Gasteiger partial charge >= 0.3 is 5.51 Å². The van der Waals surface area contributed by atoms with E-state index in [1.165, 1.54) is 24.3 Å². The highest BCUT2D eigenvalue weighted by molar-refractivity contribution is 7.94. The third kappa shape index (κ3) is 5.87. The molecule has 128 valence electrons. The Hall–Kier alpha value is -1.55. The van der Waals surface area contributed by atoms with Crippen LogP contribution in [0.5, 0.6) is 0 Å². The Balaban J connectivity index is 2.94. The van der Waals surface area contributed by atoms with Gasteiger partial charge in [-0.1, -0.05) is 51.2 Å². The van der Waals surface area contributed by atoms with Gasteiger partial charge in [0.2, 0.25) is 0 Å². The van der Waals surface area contributed by atoms with Crippen LogP contribution in [0.1, 0.15) is 51.0 Å². The minimum atomic E-state index is -4.90. The zero-order chi connectivity index (χ0) is 17.3. The highest BCUT2D eigenvalue weighted by Gasteiger charge is 2.42. The molecule has 1 atom stereocenters. The first-order valence-electron chi connectivity index (χ1n) is 7.64. The Bertz CT molecular complexity index is 656. The van der Waals surface area contributed by atoms with Gasteiger partial charge in [0.15, 0.2) is 0 Å². The van der Waals surface area contributed by atoms with Crippen LogP contribution in [-0.4, -0.2) is 15.5 Å². The second kappa shape index (κ2) is 8.92. The monoisotopic (exact) mass is 346 g/mol. The summed E-state index contributed by atoms with van der Waals surface area (Å²) in [7, 11) is -4.41. The van der Waals surface area contributed by atoms with Crippen LogP contribution in [0, 0.1) is 11.3 Å². The smallest absolute Gasteiger partial charge is 0.240 e. The van der Waals surface area contributed by atoms with E-state index >= 15 is 0 Å². The van der Waals surface area contributed by atoms with Gasteiger partial charge < -0.3 is 0 Å². The average molecular weight is 346 g/mol. The fourth-order valence-corrected chi connectivity index (χ4v) is 3.60. The van der Waals surface area contributed by atoms with Crippen LogP contribution in [-0.2, 0) is 9.73 Å². The number of hydrogen-bond donors (Lipinski definition) is 0. The van der Waals surface area contributed by atoms with Crippen LogP contribution in [0.25, 0.3) is 0 Å². The SMILES string of the molecule is CCCCCCCCS(=O)(=Nc1ccccc1C#N)C(F)(F)F. The van der Waals surface area contributed by atoms with Gasteiger partial charge in [-0.15, -0.1) is 0 Å². The minimum absolute atomic E-state index is 0.00702. The molecule has 3 nitrogen and oxygen atoms in total. The fraction of sp³-hybridized carbons (Fsp3) is 0.562. The zero-order valence-electron chi connectivity index (χ0n) is 13.1. The van der Waals surface area contributed by atoms with E-state index in [9.17, 15) is 17.4 Å². The van der Waals surface area contributed by atoms with Crippen molar-refractivity contribution in [3.05, 3.63) is 29.8 Å². The molecule has 0 aliphatic heterocycles. The number of hydrogen-bond acceptors (Lipinski definition) is 3. The number of alkyl halides is 3. The molecule has 1 aromatic carbocycles. The molecule has 0 aliphatic rings. The molecule has 0 radical (unpaired) electrons. The molecule has 7 heteroatoms. The van der Waals surface area contributed by atoms with Gasteiger partial charge in [-0.2, -0.15) is 22.8 Å². The van der Waals surface area contributed by atoms with E-state index in [1.807, 2.05) is 0 Å². The quantitative estimate of drug-likeness (QED) is 0.580. The Morgan fingerprint density at radius 2 is 1.74 bits per heavy atom. The maximum atomic E-state index is 13.2. The Kier molecular flexibility index (Phi) is 7.56. The molecule has 0 N–H and O–H groups in total. The highest BCUT2D eigenvalue weighted by atomic mass is 32.2. The number of nitrogens with zero attached hydrogens (tertiary/aromatic N) is 2. The fourth-order valence-electron chi connectivity index (χ4n) is 2.10. The first-order chi connectivity index (χ1) is 10.8. The van der Waals surface area contributed by atoms with Crippen LogP contribution in [0.15, 0.2) is 28.6 Å². The van der Waals surface area contributed by atoms with Crippen molar-refractivity contribution in [1.82, 2.24) is 0 Å². The lowest BCUT2D eigenvalue weighted by Crippen LogP contribution is -2.25. The summed E-state index contributed by atoms with van der Waals surface area (Å²) in [6.45, 7) is 2.06. The van der Waals surface area contributed by atoms with Gasteiger partial charge in [0.05, 0.1) is 11.3 Å². The Labute approximate surface area is 135 Å². The maximum absolute atomic E-state index is 13.2. The second-order valence-corrected chi connectivity index (χ2v) is 7.61. The second-order valence-electron chi connectivity index (χ2n) is 5.28. The van der Waals surface area contributed by atoms with E-state index in [4.69, 9.17) is 5.26 Å². The van der Waals surface area contributed by atoms with Gasteiger partial charge in [0, 0.05) is 5.75 Å². The van der Waals surface area contributed by atoms with Crippen molar-refractivity contribution in [3.8, 4) is 6.07 Å². The molecule has 0 fully saturated rings. The number of rotatable bonds is 8. The molecule has 1 rings (SSSR count). The van der Waals surface area contributed by atoms with Crippen molar-refractivity contribution in [3.63, 3.8) is 0 Å². The zero-order valence-corrected chi connectivity index (χ0v) is 13.9. The van der Waals surface area contributed by atoms with E-state index in [1.54, 1.807) is 6.07 Å². The first-order valence-corrected chi connectivity index (χ1v) is 9.32. The molecule has 1 aromatic rings. The lowest BCUT2D eigenvalue weighted by Gasteiger charge is -2.14. The van der Waals surface area contributed by atoms with E-state index in [0.717, 1.165) is 25.7 Å². The van der Waals surface area contributed by atoms with Crippen molar-refractivity contribution in [2.45, 2.75) is 51.0 Å². The molecule has 0 aliphatic carbocycles. The summed E-state index contributed by atoms with van der Waals surface area (Å²) in [5.41, 5.74) is -5.07. The van der Waals surface area contributed by atoms with Crippen molar-refractivity contribution in [2.24, 2.45) is 4.36 Å². The molecule has 23 heavy (non-hydrogen) atoms. The summed E-state index contributed by atoms with van der Waals surface area (Å²) >= 11 is 0. The summed E-state index contributed by atoms with van der Waals surface area (Å²) in [4.78, 5) is 0. The van der Waals surface area contributed by atoms with E-state index in [-0.39, 0.29) is 17.7 Å². The molecule has 0 bridgehead atoms. The summed E-state index contributed by atoms with van der Waals surface area (Å²) < 4.78 is 55.4. The van der Waals surface area contributed by atoms with Crippen molar-refractivity contribution >= 4 is 15.4 Å². The van der Waals surface area contributed by atoms with Gasteiger partial charge in [0.1, 0.15) is 15.8 Å². The molecule has 0 saturated heterocycles. The number of unbranched alkanes of at least 4 members (excludes halogenated alkanes) is 5. The van der Waals surface area contributed by atoms with Crippen molar-refractivity contribution in [1.29, 1.82) is 5.26 Å². The largest absolute Gasteiger partial charge is 0.479 e. The lowest BCUT2D eigenvalue weighted by atomic mass is 10.1. The van der Waals surface area contributed by atoms with Gasteiger partial charge in [0.25, 0.3) is 0 Å². The predicted octanol–water partition coefficient (Wildman–Crippen LogP) is 5.54. The average Bonchev–Trinajstić information content (AvgIpc) is 2.50. The molecule has 0 amide bonds. The van der Waals surface area contributed by atoms with E-state index < -0.39 is 21.0 Å². The summed E-state index contributed by atoms with van der Waals surface area (Å²) in [6.07, 6.45) is 4.71. The van der Waals surface area contributed by atoms with Gasteiger partial charge in [-0.05, 0) is 18.6 Å². The molecule has 0 aromatic heterocycles. The maximum Gasteiger partial charge on any atom is 0.479 e. The molecule has 0 saturated carbocycles. The topological polar surface area (TPSA) is 53.2 Å². The number of benzene rings is 1. The van der Waals surface area contributed by atoms with Crippen molar-refractivity contribution < 1.29 is 17.4 Å². The normalized spacial score (nSPS) is 14.0. The van der Waals surface area contributed by atoms with Crippen molar-refractivity contribution in [2.75, 3.05) is 5.75 Å². The molecule has 1 unspecified atom stereocenters. The third-order valence-corrected chi connectivity index (χ3v) is 5.46. The predicted molar refractivity (Wildman–Crippen MR) is 85.7 cm³/mol. The lowest BCUT2D eigenvalue weighted by molar-refractivity contribution is -0.0402. The Morgan fingerprint density at radius 3 is 2.35 bits per heavy atom. The molecular weight excluding hydrogens is 325 g/mol. The first kappa shape index (κ1) is 19.5. The van der Waals surface area contributed by atoms with E-state index in [2.05, 4.69) is 11.3 Å². The Morgan fingerprint density at radius 1 is 1.13 bits per heavy atom. The van der Waals surface area contributed by atoms with Crippen LogP contribution in [0.3, 0.4) is 0 Å². The summed E-state index contributed by atoms with van der Waals surface area (Å²) in [6, 6.07) is 7.42. The van der Waals surface area contributed by atoms with Crippen LogP contribution in [0.2, 0.25) is 0 Å². The molecular formula is C16H21F3N2OS. The third-order valence-electron chi connectivity index (χ3n) is 3.41. The highest BCUT2D eigenvalue weighted by Crippen LogP contribution is 2.32. The van der Waals surface area contributed by atoms with Crippen LogP contribution >= 0.6 is 0 Å². The standard InChI is InChI=1S/C16H21F3N2OS/c1-2-3-4-5-6-9-12-23(22,16(17,18)19)21-15-11-8-7-10-14(15)13-20/h7-8,10-11H,2-6,9,12H2,1H3. The van der Waals surface area contributed by atoms with E-state index in [0.29, 0.717) is 6.42 Å². The van der Waals surface area contributed by atoms with Gasteiger partial charge in [-0.25, -0.2) is 4.21 Å². The summed E-state index contributed by atoms with van der Waals surface area (Å²) in [5.74, 6) is -0.525.